The highest BCUT2D eigenvalue weighted by molar-refractivity contribution is 6.25. The Morgan fingerprint density at radius 1 is 0.851 bits per heavy atom. The molecule has 2 saturated heterocycles. The minimum Gasteiger partial charge on any atom is -0.496 e. The van der Waals surface area contributed by atoms with E-state index in [1.807, 2.05) is 31.2 Å². The van der Waals surface area contributed by atoms with Crippen LogP contribution in [0, 0.1) is 23.7 Å². The molecule has 0 aliphatic carbocycles. The van der Waals surface area contributed by atoms with Gasteiger partial charge in [0, 0.05) is 47.1 Å². The zero-order valence-corrected chi connectivity index (χ0v) is 37.6. The number of carbonyl (C=O) groups is 6. The number of nitrogens with two attached hydrogens (primary N) is 1. The second-order valence-electron chi connectivity index (χ2n) is 16.0. The van der Waals surface area contributed by atoms with Gasteiger partial charge in [-0.2, -0.15) is 0 Å². The zero-order chi connectivity index (χ0) is 47.5. The number of piperidine rings is 1. The molecule has 5 N–H and O–H groups in total. The molecule has 4 aromatic rings. The molecule has 352 valence electrons. The van der Waals surface area contributed by atoms with Gasteiger partial charge in [-0.25, -0.2) is 4.98 Å². The van der Waals surface area contributed by atoms with Crippen molar-refractivity contribution in [2.45, 2.75) is 51.6 Å². The molecule has 0 spiro atoms. The fourth-order valence-electron chi connectivity index (χ4n) is 8.54. The monoisotopic (exact) mass is 918 g/mol. The third-order valence-corrected chi connectivity index (χ3v) is 11.9. The van der Waals surface area contributed by atoms with Gasteiger partial charge in [0.25, 0.3) is 17.7 Å². The number of methoxy groups -OCH3 is 1. The summed E-state index contributed by atoms with van der Waals surface area (Å²) < 4.78 is 34.4. The first-order valence-electron chi connectivity index (χ1n) is 22.3. The molecule has 3 aliphatic heterocycles. The van der Waals surface area contributed by atoms with Crippen LogP contribution in [0.4, 0.5) is 5.69 Å². The number of nitrogens with one attached hydrogen (secondary N) is 3. The van der Waals surface area contributed by atoms with Gasteiger partial charge in [0.2, 0.25) is 23.6 Å². The lowest BCUT2D eigenvalue weighted by Gasteiger charge is -2.27. The summed E-state index contributed by atoms with van der Waals surface area (Å²) in [5.41, 5.74) is 8.03. The van der Waals surface area contributed by atoms with Crippen LogP contribution in [0.2, 0.25) is 0 Å². The Balaban J connectivity index is 0.805. The predicted molar refractivity (Wildman–Crippen MR) is 244 cm³/mol. The van der Waals surface area contributed by atoms with Crippen molar-refractivity contribution in [3.8, 4) is 29.2 Å². The van der Waals surface area contributed by atoms with Crippen molar-refractivity contribution in [3.05, 3.63) is 88.6 Å². The number of amides is 6. The van der Waals surface area contributed by atoms with Gasteiger partial charge in [-0.1, -0.05) is 38.2 Å². The van der Waals surface area contributed by atoms with E-state index in [9.17, 15) is 28.8 Å². The molecule has 0 bridgehead atoms. The molecule has 6 amide bonds. The summed E-state index contributed by atoms with van der Waals surface area (Å²) in [5, 5.41) is 9.61. The van der Waals surface area contributed by atoms with Crippen LogP contribution in [-0.4, -0.2) is 124 Å². The van der Waals surface area contributed by atoms with Gasteiger partial charge in [0.1, 0.15) is 30.8 Å². The second kappa shape index (κ2) is 22.4. The van der Waals surface area contributed by atoms with E-state index in [-0.39, 0.29) is 65.7 Å². The molecule has 2 fully saturated rings. The van der Waals surface area contributed by atoms with E-state index in [0.29, 0.717) is 86.4 Å². The number of nitrogens with zero attached hydrogens (tertiary/aromatic N) is 2. The minimum absolute atomic E-state index is 0.0387. The molecule has 1 aromatic heterocycles. The number of benzene rings is 3. The van der Waals surface area contributed by atoms with Crippen LogP contribution in [0.15, 0.2) is 60.8 Å². The smallest absolute Gasteiger partial charge is 0.264 e. The highest BCUT2D eigenvalue weighted by Crippen LogP contribution is 2.35. The molecule has 4 heterocycles. The van der Waals surface area contributed by atoms with E-state index >= 15 is 0 Å². The van der Waals surface area contributed by atoms with Gasteiger partial charge >= 0.3 is 0 Å². The molecular weight excluding hydrogens is 865 g/mol. The Labute approximate surface area is 387 Å². The topological polar surface area (TPSA) is 236 Å². The molecule has 3 aromatic carbocycles. The Bertz CT molecular complexity index is 2570. The van der Waals surface area contributed by atoms with Gasteiger partial charge in [-0.3, -0.25) is 39.0 Å². The molecular formula is C49H54N6O12. The maximum absolute atomic E-state index is 13.2. The van der Waals surface area contributed by atoms with Gasteiger partial charge in [0.05, 0.1) is 75.0 Å². The number of imide groups is 2. The summed E-state index contributed by atoms with van der Waals surface area (Å²) >= 11 is 0. The number of rotatable bonds is 22. The maximum Gasteiger partial charge on any atom is 0.264 e. The van der Waals surface area contributed by atoms with Crippen LogP contribution in [0.25, 0.3) is 10.8 Å². The van der Waals surface area contributed by atoms with Crippen LogP contribution >= 0.6 is 0 Å². The largest absolute Gasteiger partial charge is 0.496 e. The third kappa shape index (κ3) is 11.1. The van der Waals surface area contributed by atoms with Crippen molar-refractivity contribution in [1.29, 1.82) is 0 Å². The molecule has 0 saturated carbocycles. The van der Waals surface area contributed by atoms with Crippen molar-refractivity contribution in [3.63, 3.8) is 0 Å². The summed E-state index contributed by atoms with van der Waals surface area (Å²) in [6, 6.07) is 14.3. The van der Waals surface area contributed by atoms with Gasteiger partial charge in [0.15, 0.2) is 0 Å². The Morgan fingerprint density at radius 2 is 1.58 bits per heavy atom. The fourth-order valence-corrected chi connectivity index (χ4v) is 8.54. The van der Waals surface area contributed by atoms with E-state index in [4.69, 9.17) is 34.2 Å². The number of anilines is 1. The van der Waals surface area contributed by atoms with E-state index in [1.165, 1.54) is 7.11 Å². The first kappa shape index (κ1) is 47.9. The van der Waals surface area contributed by atoms with Crippen LogP contribution < -0.4 is 35.9 Å². The van der Waals surface area contributed by atoms with Crippen molar-refractivity contribution in [1.82, 2.24) is 20.5 Å². The van der Waals surface area contributed by atoms with Crippen molar-refractivity contribution >= 4 is 51.9 Å². The van der Waals surface area contributed by atoms with Crippen molar-refractivity contribution in [2.75, 3.05) is 71.8 Å². The fraction of sp³-hybridized carbons (Fsp3) is 0.408. The van der Waals surface area contributed by atoms with E-state index in [1.54, 1.807) is 36.5 Å². The summed E-state index contributed by atoms with van der Waals surface area (Å²) in [6.45, 7) is 7.07. The first-order chi connectivity index (χ1) is 32.5. The van der Waals surface area contributed by atoms with E-state index < -0.39 is 35.6 Å². The van der Waals surface area contributed by atoms with Gasteiger partial charge in [-0.05, 0) is 67.3 Å². The number of hydrogen-bond donors (Lipinski definition) is 4. The Hall–Kier alpha value is -7.07. The summed E-state index contributed by atoms with van der Waals surface area (Å²) in [7, 11) is 1.45. The maximum atomic E-state index is 13.2. The summed E-state index contributed by atoms with van der Waals surface area (Å²) in [6.07, 6.45) is 3.32. The van der Waals surface area contributed by atoms with E-state index in [2.05, 4.69) is 39.7 Å². The second-order valence-corrected chi connectivity index (χ2v) is 16.0. The third-order valence-electron chi connectivity index (χ3n) is 11.9. The highest BCUT2D eigenvalue weighted by Gasteiger charge is 2.45. The predicted octanol–water partition coefficient (Wildman–Crippen LogP) is 3.61. The molecule has 0 radical (unpaired) electrons. The molecule has 7 rings (SSSR count). The van der Waals surface area contributed by atoms with Gasteiger partial charge < -0.3 is 44.8 Å². The van der Waals surface area contributed by atoms with Crippen LogP contribution in [0.3, 0.4) is 0 Å². The van der Waals surface area contributed by atoms with Crippen molar-refractivity contribution in [2.24, 2.45) is 17.6 Å². The number of ether oxygens (including phenoxy) is 6. The average molecular weight is 919 g/mol. The standard InChI is InChI=1S/C49H54N6O12/c1-4-32-33(5-2)45(58)53-39(32)28-67-47-36-26-41(62-3)37(44(50)57)25-35(36)30(27-52-47)12-9-29-10-13-31(14-11-29)66-24-23-65-22-21-64-20-19-63-18-17-51-38-8-6-7-34-43(38)49(61)55(48(34)60)40-15-16-42(56)54-46(40)59/h6-8,10-11,13-14,25-27,32-33,39-40,51H,4-5,15-24,28H2,1-3H3,(H2,50,57)(H,53,58)(H,54,56,59)/t32-,33+,39-,40?/m1/s1. The first-order valence-corrected chi connectivity index (χ1v) is 22.3. The summed E-state index contributed by atoms with van der Waals surface area (Å²) in [4.78, 5) is 80.7. The van der Waals surface area contributed by atoms with Crippen molar-refractivity contribution < 1.29 is 57.2 Å². The number of pyridine rings is 1. The molecule has 18 heteroatoms. The summed E-state index contributed by atoms with van der Waals surface area (Å²) in [5.74, 6) is 4.82. The molecule has 3 aliphatic rings. The molecule has 1 unspecified atom stereocenters. The number of primary amides is 1. The van der Waals surface area contributed by atoms with Gasteiger partial charge in [-0.15, -0.1) is 0 Å². The lowest BCUT2D eigenvalue weighted by Crippen LogP contribution is -2.54. The van der Waals surface area contributed by atoms with Crippen LogP contribution in [0.1, 0.15) is 81.7 Å². The molecule has 67 heavy (non-hydrogen) atoms. The number of hydrogen-bond acceptors (Lipinski definition) is 14. The quantitative estimate of drug-likeness (QED) is 0.0501. The van der Waals surface area contributed by atoms with Crippen LogP contribution in [-0.2, 0) is 28.6 Å². The average Bonchev–Trinajstić information content (AvgIpc) is 3.78. The van der Waals surface area contributed by atoms with E-state index in [0.717, 1.165) is 23.3 Å². The lowest BCUT2D eigenvalue weighted by molar-refractivity contribution is -0.136. The Kier molecular flexibility index (Phi) is 16.0. The zero-order valence-electron chi connectivity index (χ0n) is 37.6. The number of aromatic nitrogens is 1. The highest BCUT2D eigenvalue weighted by atomic mass is 16.6. The molecule has 18 nitrogen and oxygen atoms in total. The Morgan fingerprint density at radius 3 is 2.27 bits per heavy atom. The number of fused-ring (bicyclic) bond motifs is 2. The van der Waals surface area contributed by atoms with Crippen LogP contribution in [0.5, 0.6) is 17.4 Å². The number of carbonyl (C=O) groups excluding carboxylic acids is 6. The minimum atomic E-state index is -1.03. The normalized spacial score (nSPS) is 18.9. The lowest BCUT2D eigenvalue weighted by atomic mass is 9.86. The SMILES string of the molecule is CC[C@@H]1[C@H](CC)C(=O)N[C@@H]1COc1ncc(C#Cc2ccc(OCCOCCOCCOCCNc3cccc4c3C(=O)N(C3CCC(=O)NC3=O)C4=O)cc2)c2cc(C(N)=O)c(OC)cc12. The molecule has 4 atom stereocenters.